The molecule has 2 aromatic carbocycles. The summed E-state index contributed by atoms with van der Waals surface area (Å²) in [5.41, 5.74) is 8.00. The Balaban J connectivity index is 2.52. The molecule has 2 aromatic rings. The molecule has 2 heteroatoms. The molecule has 0 spiro atoms. The minimum absolute atomic E-state index is 0.242. The standard InChI is InChI=1S/C19H24BrN/c1-6-21-19(16-8-7-12(2)18(20)11-16)17-10-14(4)13(3)9-15(17)5/h7-11,19,21H,6H2,1-5H3. The van der Waals surface area contributed by atoms with Gasteiger partial charge in [0, 0.05) is 4.47 Å². The predicted octanol–water partition coefficient (Wildman–Crippen LogP) is 5.38. The van der Waals surface area contributed by atoms with Crippen LogP contribution in [-0.2, 0) is 0 Å². The van der Waals surface area contributed by atoms with E-state index in [1.807, 2.05) is 0 Å². The lowest BCUT2D eigenvalue weighted by Gasteiger charge is -2.23. The van der Waals surface area contributed by atoms with Crippen molar-refractivity contribution >= 4 is 15.9 Å². The maximum Gasteiger partial charge on any atom is 0.0579 e. The molecule has 0 amide bonds. The number of hydrogen-bond donors (Lipinski definition) is 1. The van der Waals surface area contributed by atoms with Gasteiger partial charge in [0.1, 0.15) is 0 Å². The summed E-state index contributed by atoms with van der Waals surface area (Å²) in [6.07, 6.45) is 0. The number of hydrogen-bond acceptors (Lipinski definition) is 1. The molecule has 2 rings (SSSR count). The van der Waals surface area contributed by atoms with Crippen LogP contribution in [0.15, 0.2) is 34.8 Å². The second kappa shape index (κ2) is 6.76. The number of rotatable bonds is 4. The highest BCUT2D eigenvalue weighted by molar-refractivity contribution is 9.10. The van der Waals surface area contributed by atoms with Crippen LogP contribution < -0.4 is 5.32 Å². The van der Waals surface area contributed by atoms with Crippen molar-refractivity contribution in [2.75, 3.05) is 6.54 Å². The summed E-state index contributed by atoms with van der Waals surface area (Å²) in [7, 11) is 0. The molecule has 0 aliphatic heterocycles. The third-order valence-electron chi connectivity index (χ3n) is 4.13. The van der Waals surface area contributed by atoms with Gasteiger partial charge in [0.15, 0.2) is 0 Å². The van der Waals surface area contributed by atoms with Gasteiger partial charge in [-0.2, -0.15) is 0 Å². The van der Waals surface area contributed by atoms with Crippen LogP contribution in [0.5, 0.6) is 0 Å². The highest BCUT2D eigenvalue weighted by Gasteiger charge is 2.16. The average molecular weight is 346 g/mol. The van der Waals surface area contributed by atoms with Crippen molar-refractivity contribution in [2.45, 2.75) is 40.7 Å². The van der Waals surface area contributed by atoms with E-state index in [4.69, 9.17) is 0 Å². The van der Waals surface area contributed by atoms with Gasteiger partial charge < -0.3 is 5.32 Å². The number of nitrogens with one attached hydrogen (secondary N) is 1. The number of halogens is 1. The SMILES string of the molecule is CCNC(c1ccc(C)c(Br)c1)c1cc(C)c(C)cc1C. The van der Waals surface area contributed by atoms with Crippen molar-refractivity contribution in [1.29, 1.82) is 0 Å². The Labute approximate surface area is 136 Å². The van der Waals surface area contributed by atoms with E-state index in [1.165, 1.54) is 37.9 Å². The van der Waals surface area contributed by atoms with Crippen LogP contribution in [0.25, 0.3) is 0 Å². The summed E-state index contributed by atoms with van der Waals surface area (Å²) in [4.78, 5) is 0. The second-order valence-electron chi connectivity index (χ2n) is 5.79. The van der Waals surface area contributed by atoms with Crippen LogP contribution >= 0.6 is 15.9 Å². The zero-order valence-electron chi connectivity index (χ0n) is 13.5. The molecule has 0 aromatic heterocycles. The van der Waals surface area contributed by atoms with Gasteiger partial charge in [-0.25, -0.2) is 0 Å². The van der Waals surface area contributed by atoms with Gasteiger partial charge in [0.25, 0.3) is 0 Å². The smallest absolute Gasteiger partial charge is 0.0579 e. The molecule has 0 radical (unpaired) electrons. The Bertz CT molecular complexity index is 646. The van der Waals surface area contributed by atoms with E-state index in [0.717, 1.165) is 6.54 Å². The molecule has 1 atom stereocenters. The van der Waals surface area contributed by atoms with Gasteiger partial charge in [0.2, 0.25) is 0 Å². The Morgan fingerprint density at radius 1 is 0.905 bits per heavy atom. The number of benzene rings is 2. The van der Waals surface area contributed by atoms with E-state index in [0.29, 0.717) is 0 Å². The molecule has 1 N–H and O–H groups in total. The van der Waals surface area contributed by atoms with Crippen LogP contribution in [0.1, 0.15) is 46.3 Å². The van der Waals surface area contributed by atoms with Crippen molar-refractivity contribution < 1.29 is 0 Å². The lowest BCUT2D eigenvalue weighted by Crippen LogP contribution is -2.23. The average Bonchev–Trinajstić information content (AvgIpc) is 2.44. The lowest BCUT2D eigenvalue weighted by atomic mass is 9.91. The fourth-order valence-electron chi connectivity index (χ4n) is 2.69. The minimum Gasteiger partial charge on any atom is -0.307 e. The van der Waals surface area contributed by atoms with Crippen LogP contribution in [0.3, 0.4) is 0 Å². The first kappa shape index (κ1) is 16.3. The van der Waals surface area contributed by atoms with Crippen LogP contribution in [0.4, 0.5) is 0 Å². The first-order valence-electron chi connectivity index (χ1n) is 7.51. The van der Waals surface area contributed by atoms with E-state index in [9.17, 15) is 0 Å². The maximum atomic E-state index is 3.65. The van der Waals surface area contributed by atoms with Gasteiger partial charge in [-0.15, -0.1) is 0 Å². The molecule has 0 fully saturated rings. The van der Waals surface area contributed by atoms with Gasteiger partial charge in [-0.3, -0.25) is 0 Å². The zero-order chi connectivity index (χ0) is 15.6. The first-order chi connectivity index (χ1) is 9.93. The predicted molar refractivity (Wildman–Crippen MR) is 95.1 cm³/mol. The normalized spacial score (nSPS) is 12.5. The van der Waals surface area contributed by atoms with Gasteiger partial charge in [-0.05, 0) is 73.7 Å². The van der Waals surface area contributed by atoms with Crippen LogP contribution in [0, 0.1) is 27.7 Å². The molecule has 0 bridgehead atoms. The number of aryl methyl sites for hydroxylation is 4. The van der Waals surface area contributed by atoms with E-state index >= 15 is 0 Å². The molecular weight excluding hydrogens is 322 g/mol. The highest BCUT2D eigenvalue weighted by atomic mass is 79.9. The Kier molecular flexibility index (Phi) is 5.23. The van der Waals surface area contributed by atoms with Crippen molar-refractivity contribution in [3.8, 4) is 0 Å². The fourth-order valence-corrected chi connectivity index (χ4v) is 3.09. The molecule has 1 unspecified atom stereocenters. The van der Waals surface area contributed by atoms with Crippen molar-refractivity contribution in [1.82, 2.24) is 5.32 Å². The van der Waals surface area contributed by atoms with Crippen molar-refractivity contribution in [2.24, 2.45) is 0 Å². The fraction of sp³-hybridized carbons (Fsp3) is 0.368. The van der Waals surface area contributed by atoms with E-state index in [-0.39, 0.29) is 6.04 Å². The molecule has 0 aliphatic rings. The molecule has 112 valence electrons. The molecule has 0 heterocycles. The van der Waals surface area contributed by atoms with Gasteiger partial charge in [0.05, 0.1) is 6.04 Å². The molecule has 0 saturated heterocycles. The third kappa shape index (κ3) is 3.56. The lowest BCUT2D eigenvalue weighted by molar-refractivity contribution is 0.626. The Morgan fingerprint density at radius 2 is 1.57 bits per heavy atom. The molecular formula is C19H24BrN. The van der Waals surface area contributed by atoms with Crippen LogP contribution in [0.2, 0.25) is 0 Å². The van der Waals surface area contributed by atoms with Crippen molar-refractivity contribution in [3.05, 3.63) is 68.2 Å². The summed E-state index contributed by atoms with van der Waals surface area (Å²) in [6.45, 7) is 11.8. The summed E-state index contributed by atoms with van der Waals surface area (Å²) in [6, 6.07) is 11.5. The zero-order valence-corrected chi connectivity index (χ0v) is 15.1. The second-order valence-corrected chi connectivity index (χ2v) is 6.65. The summed E-state index contributed by atoms with van der Waals surface area (Å²) < 4.78 is 1.17. The van der Waals surface area contributed by atoms with Gasteiger partial charge >= 0.3 is 0 Å². The monoisotopic (exact) mass is 345 g/mol. The maximum absolute atomic E-state index is 3.65. The first-order valence-corrected chi connectivity index (χ1v) is 8.30. The van der Waals surface area contributed by atoms with Crippen LogP contribution in [-0.4, -0.2) is 6.54 Å². The van der Waals surface area contributed by atoms with Gasteiger partial charge in [-0.1, -0.05) is 47.1 Å². The van der Waals surface area contributed by atoms with E-state index in [1.54, 1.807) is 0 Å². The molecule has 21 heavy (non-hydrogen) atoms. The summed E-state index contributed by atoms with van der Waals surface area (Å²) in [5.74, 6) is 0. The Morgan fingerprint density at radius 3 is 2.19 bits per heavy atom. The Hall–Kier alpha value is -1.12. The summed E-state index contributed by atoms with van der Waals surface area (Å²) >= 11 is 3.65. The minimum atomic E-state index is 0.242. The quantitative estimate of drug-likeness (QED) is 0.783. The van der Waals surface area contributed by atoms with E-state index in [2.05, 4.69) is 86.2 Å². The largest absolute Gasteiger partial charge is 0.307 e. The van der Waals surface area contributed by atoms with E-state index < -0.39 is 0 Å². The van der Waals surface area contributed by atoms with Crippen molar-refractivity contribution in [3.63, 3.8) is 0 Å². The summed E-state index contributed by atoms with van der Waals surface area (Å²) in [5, 5.41) is 3.63. The topological polar surface area (TPSA) is 12.0 Å². The highest BCUT2D eigenvalue weighted by Crippen LogP contribution is 2.29. The molecule has 0 saturated carbocycles. The molecule has 0 aliphatic carbocycles. The molecule has 1 nitrogen and oxygen atoms in total. The third-order valence-corrected chi connectivity index (χ3v) is 4.99.